The fraction of sp³-hybridized carbons (Fsp3) is 0.250. The van der Waals surface area contributed by atoms with Gasteiger partial charge in [-0.2, -0.15) is 0 Å². The zero-order valence-corrected chi connectivity index (χ0v) is 16.4. The number of amides is 2. The number of rotatable bonds is 5. The number of carbonyl (C=O) groups is 2. The average molecular weight is 398 g/mol. The van der Waals surface area contributed by atoms with Crippen LogP contribution in [0.25, 0.3) is 10.2 Å². The second-order valence-corrected chi connectivity index (χ2v) is 8.95. The molecule has 2 amide bonds. The van der Waals surface area contributed by atoms with Gasteiger partial charge in [0.15, 0.2) is 4.34 Å². The van der Waals surface area contributed by atoms with E-state index in [4.69, 9.17) is 0 Å². The molecule has 0 radical (unpaired) electrons. The van der Waals surface area contributed by atoms with Crippen molar-refractivity contribution in [3.63, 3.8) is 0 Å². The SMILES string of the molecule is C[C@H]1C[C@H]1C(=O)NNC(=O)c1ccc(CSc2nc3ccccc3s2)cc1. The van der Waals surface area contributed by atoms with Gasteiger partial charge in [0, 0.05) is 17.2 Å². The van der Waals surface area contributed by atoms with Crippen LogP contribution in [0, 0.1) is 11.8 Å². The van der Waals surface area contributed by atoms with E-state index in [0.29, 0.717) is 11.5 Å². The number of hydrogen-bond acceptors (Lipinski definition) is 5. The molecule has 1 fully saturated rings. The van der Waals surface area contributed by atoms with E-state index in [2.05, 4.69) is 21.9 Å². The van der Waals surface area contributed by atoms with Crippen LogP contribution in [-0.2, 0) is 10.5 Å². The summed E-state index contributed by atoms with van der Waals surface area (Å²) in [5.74, 6) is 0.820. The van der Waals surface area contributed by atoms with Gasteiger partial charge in [-0.25, -0.2) is 4.98 Å². The Morgan fingerprint density at radius 3 is 2.59 bits per heavy atom. The lowest BCUT2D eigenvalue weighted by molar-refractivity contribution is -0.123. The Kier molecular flexibility index (Phi) is 5.13. The molecule has 1 saturated carbocycles. The molecule has 0 unspecified atom stereocenters. The van der Waals surface area contributed by atoms with E-state index in [1.54, 1.807) is 35.2 Å². The van der Waals surface area contributed by atoms with Crippen molar-refractivity contribution in [1.29, 1.82) is 0 Å². The summed E-state index contributed by atoms with van der Waals surface area (Å²) in [6.45, 7) is 2.02. The molecule has 0 bridgehead atoms. The number of carbonyl (C=O) groups excluding carboxylic acids is 2. The lowest BCUT2D eigenvalue weighted by Crippen LogP contribution is -2.42. The first kappa shape index (κ1) is 18.0. The minimum absolute atomic E-state index is 0.0345. The van der Waals surface area contributed by atoms with Gasteiger partial charge < -0.3 is 0 Å². The number of hydrogen-bond donors (Lipinski definition) is 2. The van der Waals surface area contributed by atoms with Gasteiger partial charge in [-0.1, -0.05) is 43.0 Å². The topological polar surface area (TPSA) is 71.1 Å². The molecule has 27 heavy (non-hydrogen) atoms. The first-order valence-electron chi connectivity index (χ1n) is 8.77. The predicted molar refractivity (Wildman–Crippen MR) is 109 cm³/mol. The Morgan fingerprint density at radius 1 is 1.15 bits per heavy atom. The molecular weight excluding hydrogens is 378 g/mol. The van der Waals surface area contributed by atoms with E-state index in [0.717, 1.165) is 27.6 Å². The van der Waals surface area contributed by atoms with Gasteiger partial charge in [-0.05, 0) is 42.2 Å². The van der Waals surface area contributed by atoms with Crippen molar-refractivity contribution in [1.82, 2.24) is 15.8 Å². The van der Waals surface area contributed by atoms with Gasteiger partial charge in [0.2, 0.25) is 5.91 Å². The van der Waals surface area contributed by atoms with Crippen LogP contribution >= 0.6 is 23.1 Å². The van der Waals surface area contributed by atoms with Crippen molar-refractivity contribution in [2.75, 3.05) is 0 Å². The van der Waals surface area contributed by atoms with E-state index in [9.17, 15) is 9.59 Å². The lowest BCUT2D eigenvalue weighted by atomic mass is 10.1. The van der Waals surface area contributed by atoms with Gasteiger partial charge in [-0.3, -0.25) is 20.4 Å². The molecule has 5 nitrogen and oxygen atoms in total. The Labute approximate surface area is 165 Å². The highest BCUT2D eigenvalue weighted by molar-refractivity contribution is 8.00. The zero-order valence-electron chi connectivity index (χ0n) is 14.8. The number of nitrogens with one attached hydrogen (secondary N) is 2. The molecule has 138 valence electrons. The number of hydrazine groups is 1. The minimum Gasteiger partial charge on any atom is -0.273 e. The third kappa shape index (κ3) is 4.31. The maximum Gasteiger partial charge on any atom is 0.269 e. The highest BCUT2D eigenvalue weighted by Gasteiger charge is 2.39. The molecule has 7 heteroatoms. The third-order valence-corrected chi connectivity index (χ3v) is 6.85. The average Bonchev–Trinajstić information content (AvgIpc) is 3.27. The Bertz CT molecular complexity index is 951. The van der Waals surface area contributed by atoms with Crippen LogP contribution < -0.4 is 10.9 Å². The maximum absolute atomic E-state index is 12.1. The van der Waals surface area contributed by atoms with Crippen LogP contribution in [0.5, 0.6) is 0 Å². The molecule has 0 saturated heterocycles. The van der Waals surface area contributed by atoms with Crippen LogP contribution in [0.2, 0.25) is 0 Å². The Balaban J connectivity index is 1.30. The largest absolute Gasteiger partial charge is 0.273 e. The summed E-state index contributed by atoms with van der Waals surface area (Å²) in [4.78, 5) is 28.5. The van der Waals surface area contributed by atoms with Gasteiger partial charge in [0.25, 0.3) is 5.91 Å². The number of fused-ring (bicyclic) bond motifs is 1. The van der Waals surface area contributed by atoms with Crippen LogP contribution in [0.1, 0.15) is 29.3 Å². The summed E-state index contributed by atoms with van der Waals surface area (Å²) in [6, 6.07) is 15.5. The standard InChI is InChI=1S/C20H19N3O2S2/c1-12-10-15(12)19(25)23-22-18(24)14-8-6-13(7-9-14)11-26-20-21-16-4-2-3-5-17(16)27-20/h2-9,12,15H,10-11H2,1H3,(H,22,24)(H,23,25)/t12-,15+/m0/s1. The van der Waals surface area contributed by atoms with E-state index >= 15 is 0 Å². The highest BCUT2D eigenvalue weighted by Crippen LogP contribution is 2.37. The number of para-hydroxylation sites is 1. The molecule has 2 atom stereocenters. The van der Waals surface area contributed by atoms with Crippen molar-refractivity contribution < 1.29 is 9.59 Å². The first-order chi connectivity index (χ1) is 13.1. The molecule has 3 aromatic rings. The number of benzene rings is 2. The third-order valence-electron chi connectivity index (χ3n) is 4.60. The predicted octanol–water partition coefficient (Wildman–Crippen LogP) is 4.01. The van der Waals surface area contributed by atoms with Crippen molar-refractivity contribution in [2.24, 2.45) is 11.8 Å². The zero-order chi connectivity index (χ0) is 18.8. The van der Waals surface area contributed by atoms with Crippen molar-refractivity contribution >= 4 is 45.1 Å². The van der Waals surface area contributed by atoms with Crippen LogP contribution in [0.4, 0.5) is 0 Å². The smallest absolute Gasteiger partial charge is 0.269 e. The second-order valence-electron chi connectivity index (χ2n) is 6.70. The highest BCUT2D eigenvalue weighted by atomic mass is 32.2. The molecule has 4 rings (SSSR count). The summed E-state index contributed by atoms with van der Waals surface area (Å²) in [6.07, 6.45) is 0.892. The van der Waals surface area contributed by atoms with Crippen molar-refractivity contribution in [3.05, 3.63) is 59.7 Å². The van der Waals surface area contributed by atoms with E-state index in [1.165, 1.54) is 4.70 Å². The normalized spacial score (nSPS) is 18.3. The number of thiazole rings is 1. The molecule has 0 spiro atoms. The van der Waals surface area contributed by atoms with Crippen molar-refractivity contribution in [3.8, 4) is 0 Å². The van der Waals surface area contributed by atoms with Gasteiger partial charge in [0.05, 0.1) is 10.2 Å². The van der Waals surface area contributed by atoms with Crippen LogP contribution in [0.15, 0.2) is 52.9 Å². The quantitative estimate of drug-likeness (QED) is 0.504. The van der Waals surface area contributed by atoms with Crippen LogP contribution in [-0.4, -0.2) is 16.8 Å². The molecule has 2 aromatic carbocycles. The summed E-state index contributed by atoms with van der Waals surface area (Å²) in [5, 5.41) is 0. The minimum atomic E-state index is -0.304. The first-order valence-corrected chi connectivity index (χ1v) is 10.6. The van der Waals surface area contributed by atoms with E-state index in [-0.39, 0.29) is 17.7 Å². The Morgan fingerprint density at radius 2 is 1.89 bits per heavy atom. The molecule has 0 aliphatic heterocycles. The van der Waals surface area contributed by atoms with Crippen LogP contribution in [0.3, 0.4) is 0 Å². The monoisotopic (exact) mass is 397 g/mol. The molecule has 1 aromatic heterocycles. The second kappa shape index (κ2) is 7.70. The molecule has 1 aliphatic rings. The summed E-state index contributed by atoms with van der Waals surface area (Å²) < 4.78 is 2.23. The molecule has 2 N–H and O–H groups in total. The number of thioether (sulfide) groups is 1. The fourth-order valence-corrected chi connectivity index (χ4v) is 4.81. The lowest BCUT2D eigenvalue weighted by Gasteiger charge is -2.07. The number of nitrogens with zero attached hydrogens (tertiary/aromatic N) is 1. The summed E-state index contributed by atoms with van der Waals surface area (Å²) in [5.41, 5.74) is 7.64. The van der Waals surface area contributed by atoms with Crippen molar-refractivity contribution in [2.45, 2.75) is 23.4 Å². The molecule has 1 heterocycles. The molecule has 1 aliphatic carbocycles. The maximum atomic E-state index is 12.1. The van der Waals surface area contributed by atoms with E-state index < -0.39 is 0 Å². The van der Waals surface area contributed by atoms with E-state index in [1.807, 2.05) is 37.3 Å². The molecular formula is C20H19N3O2S2. The van der Waals surface area contributed by atoms with Gasteiger partial charge in [0.1, 0.15) is 0 Å². The summed E-state index contributed by atoms with van der Waals surface area (Å²) >= 11 is 3.38. The van der Waals surface area contributed by atoms with Gasteiger partial charge in [-0.15, -0.1) is 11.3 Å². The summed E-state index contributed by atoms with van der Waals surface area (Å²) in [7, 11) is 0. The Hall–Kier alpha value is -2.38. The fourth-order valence-electron chi connectivity index (χ4n) is 2.78. The number of aromatic nitrogens is 1. The van der Waals surface area contributed by atoms with Gasteiger partial charge >= 0.3 is 0 Å².